The van der Waals surface area contributed by atoms with Crippen molar-refractivity contribution in [2.24, 2.45) is 5.92 Å². The minimum absolute atomic E-state index is 0.00236. The van der Waals surface area contributed by atoms with Gasteiger partial charge in [-0.1, -0.05) is 13.8 Å². The first kappa shape index (κ1) is 16.5. The summed E-state index contributed by atoms with van der Waals surface area (Å²) in [5.41, 5.74) is -0.00236. The number of hydrogen-bond acceptors (Lipinski definition) is 5. The van der Waals surface area contributed by atoms with Crippen LogP contribution in [0, 0.1) is 17.2 Å². The first-order valence-corrected chi connectivity index (χ1v) is 8.40. The van der Waals surface area contributed by atoms with Gasteiger partial charge >= 0.3 is 0 Å². The summed E-state index contributed by atoms with van der Waals surface area (Å²) in [4.78, 5) is 13.5. The van der Waals surface area contributed by atoms with Crippen molar-refractivity contribution in [1.29, 1.82) is 5.26 Å². The van der Waals surface area contributed by atoms with Gasteiger partial charge in [0.2, 0.25) is 0 Å². The molecule has 1 amide bonds. The lowest BCUT2D eigenvalue weighted by Gasteiger charge is -2.21. The molecular formula is C13H21N3O3S. The summed E-state index contributed by atoms with van der Waals surface area (Å²) in [7, 11) is -1.29. The van der Waals surface area contributed by atoms with Gasteiger partial charge in [-0.2, -0.15) is 5.26 Å². The van der Waals surface area contributed by atoms with Crippen LogP contribution in [0.15, 0.2) is 11.8 Å². The van der Waals surface area contributed by atoms with Crippen LogP contribution in [0.1, 0.15) is 20.3 Å². The number of carbonyl (C=O) groups excluding carboxylic acids is 1. The Bertz CT molecular complexity index is 532. The van der Waals surface area contributed by atoms with Crippen LogP contribution < -0.4 is 5.32 Å². The zero-order valence-electron chi connectivity index (χ0n) is 12.1. The predicted octanol–water partition coefficient (Wildman–Crippen LogP) is 0.285. The Balaban J connectivity index is 2.69. The smallest absolute Gasteiger partial charge is 0.263 e. The number of nitrogens with zero attached hydrogens (tertiary/aromatic N) is 2. The second-order valence-corrected chi connectivity index (χ2v) is 7.71. The van der Waals surface area contributed by atoms with Crippen molar-refractivity contribution in [3.8, 4) is 6.07 Å². The second-order valence-electron chi connectivity index (χ2n) is 5.48. The summed E-state index contributed by atoms with van der Waals surface area (Å²) in [6.07, 6.45) is 1.96. The van der Waals surface area contributed by atoms with Gasteiger partial charge in [0, 0.05) is 25.8 Å². The van der Waals surface area contributed by atoms with Crippen molar-refractivity contribution in [2.45, 2.75) is 26.3 Å². The summed E-state index contributed by atoms with van der Waals surface area (Å²) in [6.45, 7) is 4.43. The summed E-state index contributed by atoms with van der Waals surface area (Å²) >= 11 is 0. The average molecular weight is 299 g/mol. The Morgan fingerprint density at radius 3 is 2.65 bits per heavy atom. The van der Waals surface area contributed by atoms with Crippen LogP contribution in [-0.4, -0.2) is 50.4 Å². The molecular weight excluding hydrogens is 278 g/mol. The van der Waals surface area contributed by atoms with E-state index >= 15 is 0 Å². The van der Waals surface area contributed by atoms with Crippen LogP contribution in [0.5, 0.6) is 0 Å². The number of sulfone groups is 1. The van der Waals surface area contributed by atoms with Crippen molar-refractivity contribution in [1.82, 2.24) is 10.2 Å². The van der Waals surface area contributed by atoms with Gasteiger partial charge in [0.05, 0.1) is 11.5 Å². The first-order chi connectivity index (χ1) is 9.25. The predicted molar refractivity (Wildman–Crippen MR) is 76.4 cm³/mol. The second kappa shape index (κ2) is 6.75. The van der Waals surface area contributed by atoms with Crippen LogP contribution in [0.4, 0.5) is 0 Å². The molecule has 1 saturated heterocycles. The van der Waals surface area contributed by atoms with E-state index in [1.165, 1.54) is 6.20 Å². The molecule has 1 fully saturated rings. The zero-order chi connectivity index (χ0) is 15.3. The van der Waals surface area contributed by atoms with E-state index in [-0.39, 0.29) is 23.1 Å². The number of carbonyl (C=O) groups is 1. The van der Waals surface area contributed by atoms with Gasteiger partial charge in [0.25, 0.3) is 5.91 Å². The highest BCUT2D eigenvalue weighted by Crippen LogP contribution is 2.17. The molecule has 1 N–H and O–H groups in total. The van der Waals surface area contributed by atoms with Gasteiger partial charge in [0.1, 0.15) is 11.6 Å². The molecule has 0 saturated carbocycles. The van der Waals surface area contributed by atoms with Crippen LogP contribution >= 0.6 is 0 Å². The summed E-state index contributed by atoms with van der Waals surface area (Å²) < 4.78 is 22.8. The molecule has 20 heavy (non-hydrogen) atoms. The standard InChI is InChI=1S/C13H21N3O3S/c1-10(2)7-15-13(17)11(6-14)8-16(3)12-4-5-20(18,19)9-12/h8,10,12H,4-5,7,9H2,1-3H3,(H,15,17)/b11-8-. The Kier molecular flexibility index (Phi) is 5.57. The van der Waals surface area contributed by atoms with Crippen molar-refractivity contribution in [3.05, 3.63) is 11.8 Å². The van der Waals surface area contributed by atoms with Crippen LogP contribution in [0.3, 0.4) is 0 Å². The molecule has 1 aliphatic rings. The third kappa shape index (κ3) is 4.85. The van der Waals surface area contributed by atoms with E-state index in [1.54, 1.807) is 11.9 Å². The lowest BCUT2D eigenvalue weighted by atomic mass is 10.2. The molecule has 7 heteroatoms. The van der Waals surface area contributed by atoms with Crippen molar-refractivity contribution >= 4 is 15.7 Å². The Labute approximate surface area is 120 Å². The third-order valence-corrected chi connectivity index (χ3v) is 4.90. The maximum Gasteiger partial charge on any atom is 0.263 e. The summed E-state index contributed by atoms with van der Waals surface area (Å²) in [5.74, 6) is 0.120. The molecule has 0 radical (unpaired) electrons. The van der Waals surface area contributed by atoms with Gasteiger partial charge in [-0.05, 0) is 12.3 Å². The molecule has 0 aromatic rings. The lowest BCUT2D eigenvalue weighted by Crippen LogP contribution is -2.32. The molecule has 6 nitrogen and oxygen atoms in total. The van der Waals surface area contributed by atoms with Gasteiger partial charge < -0.3 is 10.2 Å². The molecule has 0 aromatic carbocycles. The summed E-state index contributed by atoms with van der Waals surface area (Å²) in [5, 5.41) is 11.7. The van der Waals surface area contributed by atoms with Crippen LogP contribution in [-0.2, 0) is 14.6 Å². The van der Waals surface area contributed by atoms with E-state index < -0.39 is 15.7 Å². The Morgan fingerprint density at radius 2 is 2.20 bits per heavy atom. The first-order valence-electron chi connectivity index (χ1n) is 6.57. The highest BCUT2D eigenvalue weighted by atomic mass is 32.2. The topological polar surface area (TPSA) is 90.3 Å². The number of amides is 1. The molecule has 1 unspecified atom stereocenters. The van der Waals surface area contributed by atoms with E-state index in [2.05, 4.69) is 5.32 Å². The average Bonchev–Trinajstić information content (AvgIpc) is 2.73. The lowest BCUT2D eigenvalue weighted by molar-refractivity contribution is -0.117. The van der Waals surface area contributed by atoms with Gasteiger partial charge in [-0.25, -0.2) is 8.42 Å². The van der Waals surface area contributed by atoms with Gasteiger partial charge in [0.15, 0.2) is 9.84 Å². The monoisotopic (exact) mass is 299 g/mol. The van der Waals surface area contributed by atoms with E-state index in [4.69, 9.17) is 5.26 Å². The summed E-state index contributed by atoms with van der Waals surface area (Å²) in [6, 6.07) is 1.69. The van der Waals surface area contributed by atoms with Gasteiger partial charge in [-0.15, -0.1) is 0 Å². The largest absolute Gasteiger partial charge is 0.375 e. The van der Waals surface area contributed by atoms with E-state index in [0.29, 0.717) is 18.9 Å². The van der Waals surface area contributed by atoms with E-state index in [1.807, 2.05) is 19.9 Å². The number of hydrogen-bond donors (Lipinski definition) is 1. The zero-order valence-corrected chi connectivity index (χ0v) is 12.9. The Hall–Kier alpha value is -1.55. The molecule has 1 atom stereocenters. The number of nitrogens with one attached hydrogen (secondary N) is 1. The Morgan fingerprint density at radius 1 is 1.55 bits per heavy atom. The highest BCUT2D eigenvalue weighted by molar-refractivity contribution is 7.91. The fourth-order valence-corrected chi connectivity index (χ4v) is 3.72. The fourth-order valence-electron chi connectivity index (χ4n) is 1.94. The molecule has 1 rings (SSSR count). The third-order valence-electron chi connectivity index (χ3n) is 3.15. The molecule has 1 aliphatic heterocycles. The number of nitriles is 1. The van der Waals surface area contributed by atoms with Crippen molar-refractivity contribution in [2.75, 3.05) is 25.1 Å². The molecule has 0 aromatic heterocycles. The quantitative estimate of drug-likeness (QED) is 0.582. The van der Waals surface area contributed by atoms with Gasteiger partial charge in [-0.3, -0.25) is 4.79 Å². The molecule has 0 bridgehead atoms. The molecule has 0 aliphatic carbocycles. The maximum absolute atomic E-state index is 11.8. The SMILES string of the molecule is CC(C)CNC(=O)/C(C#N)=C\N(C)C1CCS(=O)(=O)C1. The molecule has 112 valence electrons. The maximum atomic E-state index is 11.8. The highest BCUT2D eigenvalue weighted by Gasteiger charge is 2.30. The number of rotatable bonds is 5. The van der Waals surface area contributed by atoms with Crippen LogP contribution in [0.25, 0.3) is 0 Å². The normalized spacial score (nSPS) is 21.6. The van der Waals surface area contributed by atoms with E-state index in [0.717, 1.165) is 0 Å². The minimum atomic E-state index is -2.98. The fraction of sp³-hybridized carbons (Fsp3) is 0.692. The van der Waals surface area contributed by atoms with Crippen molar-refractivity contribution in [3.63, 3.8) is 0 Å². The minimum Gasteiger partial charge on any atom is -0.375 e. The van der Waals surface area contributed by atoms with E-state index in [9.17, 15) is 13.2 Å². The van der Waals surface area contributed by atoms with Crippen molar-refractivity contribution < 1.29 is 13.2 Å². The molecule has 0 spiro atoms. The molecule has 1 heterocycles. The van der Waals surface area contributed by atoms with Crippen LogP contribution in [0.2, 0.25) is 0 Å².